The van der Waals surface area contributed by atoms with Crippen LogP contribution in [0.3, 0.4) is 0 Å². The van der Waals surface area contributed by atoms with Gasteiger partial charge in [0.05, 0.1) is 4.92 Å². The van der Waals surface area contributed by atoms with Crippen molar-refractivity contribution in [3.8, 4) is 0 Å². The van der Waals surface area contributed by atoms with Gasteiger partial charge in [0.25, 0.3) is 5.69 Å². The number of nitro groups is 1. The highest BCUT2D eigenvalue weighted by Gasteiger charge is 2.26. The largest absolute Gasteiger partial charge is 0.375 e. The molecule has 0 spiro atoms. The van der Waals surface area contributed by atoms with E-state index in [1.807, 2.05) is 66.7 Å². The second-order valence-electron chi connectivity index (χ2n) is 7.91. The second-order valence-corrected chi connectivity index (χ2v) is 7.91. The summed E-state index contributed by atoms with van der Waals surface area (Å²) < 4.78 is 0. The van der Waals surface area contributed by atoms with Gasteiger partial charge >= 0.3 is 0 Å². The topological polar surface area (TPSA) is 87.5 Å². The molecule has 2 N–H and O–H groups in total. The van der Waals surface area contributed by atoms with Crippen molar-refractivity contribution >= 4 is 28.7 Å². The predicted molar refractivity (Wildman–Crippen MR) is 127 cm³/mol. The van der Waals surface area contributed by atoms with Gasteiger partial charge in [-0.1, -0.05) is 48.5 Å². The zero-order valence-corrected chi connectivity index (χ0v) is 17.7. The SMILES string of the molecule is O=C(Nc1ccccc1)C1CCN(c2ccc([N+](=O)[O-])c(NCc3ccccc3)c2)CC1. The summed E-state index contributed by atoms with van der Waals surface area (Å²) in [4.78, 5) is 25.9. The highest BCUT2D eigenvalue weighted by Crippen LogP contribution is 2.32. The van der Waals surface area contributed by atoms with E-state index in [2.05, 4.69) is 15.5 Å². The molecule has 32 heavy (non-hydrogen) atoms. The molecule has 0 atom stereocenters. The number of hydrogen-bond acceptors (Lipinski definition) is 5. The molecule has 0 radical (unpaired) electrons. The van der Waals surface area contributed by atoms with Crippen molar-refractivity contribution in [1.82, 2.24) is 0 Å². The lowest BCUT2D eigenvalue weighted by Crippen LogP contribution is -2.38. The molecule has 1 aliphatic rings. The van der Waals surface area contributed by atoms with E-state index in [9.17, 15) is 14.9 Å². The number of nitrogens with one attached hydrogen (secondary N) is 2. The number of benzene rings is 3. The summed E-state index contributed by atoms with van der Waals surface area (Å²) in [7, 11) is 0. The first-order valence-electron chi connectivity index (χ1n) is 10.8. The number of carbonyl (C=O) groups excluding carboxylic acids is 1. The first-order valence-corrected chi connectivity index (χ1v) is 10.8. The maximum atomic E-state index is 12.6. The Morgan fingerprint density at radius 2 is 1.62 bits per heavy atom. The number of rotatable bonds is 7. The van der Waals surface area contributed by atoms with Crippen molar-refractivity contribution in [1.29, 1.82) is 0 Å². The second kappa shape index (κ2) is 9.96. The fraction of sp³-hybridized carbons (Fsp3) is 0.240. The van der Waals surface area contributed by atoms with Crippen LogP contribution in [0.2, 0.25) is 0 Å². The molecule has 1 aliphatic heterocycles. The van der Waals surface area contributed by atoms with Crippen molar-refractivity contribution in [2.45, 2.75) is 19.4 Å². The van der Waals surface area contributed by atoms with Crippen LogP contribution in [0.5, 0.6) is 0 Å². The van der Waals surface area contributed by atoms with Gasteiger partial charge in [-0.25, -0.2) is 0 Å². The monoisotopic (exact) mass is 430 g/mol. The molecule has 1 fully saturated rings. The average Bonchev–Trinajstić information content (AvgIpc) is 2.84. The maximum Gasteiger partial charge on any atom is 0.292 e. The van der Waals surface area contributed by atoms with E-state index in [4.69, 9.17) is 0 Å². The number of carbonyl (C=O) groups is 1. The summed E-state index contributed by atoms with van der Waals surface area (Å²) in [5.74, 6) is 0.00458. The lowest BCUT2D eigenvalue weighted by Gasteiger charge is -2.33. The van der Waals surface area contributed by atoms with Crippen LogP contribution in [-0.4, -0.2) is 23.9 Å². The van der Waals surface area contributed by atoms with Crippen molar-refractivity contribution in [3.05, 3.63) is 94.5 Å². The fourth-order valence-electron chi connectivity index (χ4n) is 3.98. The molecule has 1 amide bonds. The summed E-state index contributed by atoms with van der Waals surface area (Å²) in [6, 6.07) is 24.5. The summed E-state index contributed by atoms with van der Waals surface area (Å²) in [6.45, 7) is 1.96. The first-order chi connectivity index (χ1) is 15.6. The minimum atomic E-state index is -0.364. The van der Waals surface area contributed by atoms with E-state index in [-0.39, 0.29) is 22.4 Å². The molecule has 4 rings (SSSR count). The normalized spacial score (nSPS) is 14.1. The van der Waals surface area contributed by atoms with Gasteiger partial charge in [0.2, 0.25) is 5.91 Å². The third kappa shape index (κ3) is 5.24. The summed E-state index contributed by atoms with van der Waals surface area (Å²) >= 11 is 0. The van der Waals surface area contributed by atoms with Gasteiger partial charge in [-0.05, 0) is 42.7 Å². The summed E-state index contributed by atoms with van der Waals surface area (Å²) in [5, 5.41) is 17.7. The minimum Gasteiger partial charge on any atom is -0.375 e. The molecule has 0 aliphatic carbocycles. The van der Waals surface area contributed by atoms with Crippen LogP contribution in [-0.2, 0) is 11.3 Å². The number of nitrogens with zero attached hydrogens (tertiary/aromatic N) is 2. The average molecular weight is 431 g/mol. The zero-order valence-electron chi connectivity index (χ0n) is 17.7. The molecular formula is C25H26N4O3. The number of hydrogen-bond donors (Lipinski definition) is 2. The van der Waals surface area contributed by atoms with Crippen LogP contribution in [0.4, 0.5) is 22.7 Å². The molecule has 0 saturated carbocycles. The van der Waals surface area contributed by atoms with Gasteiger partial charge in [0.15, 0.2) is 0 Å². The third-order valence-electron chi connectivity index (χ3n) is 5.77. The smallest absolute Gasteiger partial charge is 0.292 e. The number of nitro benzene ring substituents is 1. The minimum absolute atomic E-state index is 0.0415. The van der Waals surface area contributed by atoms with Gasteiger partial charge in [-0.3, -0.25) is 14.9 Å². The van der Waals surface area contributed by atoms with E-state index < -0.39 is 0 Å². The standard InChI is InChI=1S/C25H26N4O3/c30-25(27-21-9-5-2-6-10-21)20-13-15-28(16-14-20)22-11-12-24(29(31)32)23(17-22)26-18-19-7-3-1-4-8-19/h1-12,17,20,26H,13-16,18H2,(H,27,30). The molecule has 0 bridgehead atoms. The molecule has 164 valence electrons. The molecule has 7 nitrogen and oxygen atoms in total. The molecule has 0 aromatic heterocycles. The quantitative estimate of drug-likeness (QED) is 0.404. The van der Waals surface area contributed by atoms with Crippen LogP contribution >= 0.6 is 0 Å². The lowest BCUT2D eigenvalue weighted by molar-refractivity contribution is -0.384. The predicted octanol–water partition coefficient (Wildman–Crippen LogP) is 5.06. The molecule has 1 saturated heterocycles. The van der Waals surface area contributed by atoms with Crippen molar-refractivity contribution in [2.24, 2.45) is 5.92 Å². The number of para-hydroxylation sites is 1. The number of anilines is 3. The van der Waals surface area contributed by atoms with Crippen molar-refractivity contribution in [3.63, 3.8) is 0 Å². The Hall–Kier alpha value is -3.87. The van der Waals surface area contributed by atoms with E-state index in [1.54, 1.807) is 12.1 Å². The van der Waals surface area contributed by atoms with E-state index in [0.29, 0.717) is 12.2 Å². The van der Waals surface area contributed by atoms with Crippen LogP contribution in [0.1, 0.15) is 18.4 Å². The number of amides is 1. The number of piperidine rings is 1. The van der Waals surface area contributed by atoms with Gasteiger partial charge in [-0.2, -0.15) is 0 Å². The molecule has 7 heteroatoms. The van der Waals surface area contributed by atoms with Crippen molar-refractivity contribution < 1.29 is 9.72 Å². The van der Waals surface area contributed by atoms with Crippen LogP contribution in [0, 0.1) is 16.0 Å². The van der Waals surface area contributed by atoms with E-state index >= 15 is 0 Å². The van der Waals surface area contributed by atoms with Crippen LogP contribution in [0.15, 0.2) is 78.9 Å². The highest BCUT2D eigenvalue weighted by molar-refractivity contribution is 5.92. The Bertz CT molecular complexity index is 1070. The fourth-order valence-corrected chi connectivity index (χ4v) is 3.98. The molecule has 3 aromatic carbocycles. The molecule has 0 unspecified atom stereocenters. The van der Waals surface area contributed by atoms with Gasteiger partial charge < -0.3 is 15.5 Å². The Labute approximate surface area is 187 Å². The first kappa shape index (κ1) is 21.4. The maximum absolute atomic E-state index is 12.6. The van der Waals surface area contributed by atoms with Gasteiger partial charge in [0.1, 0.15) is 5.69 Å². The Balaban J connectivity index is 1.40. The molecule has 3 aromatic rings. The van der Waals surface area contributed by atoms with Crippen LogP contribution < -0.4 is 15.5 Å². The van der Waals surface area contributed by atoms with Crippen LogP contribution in [0.25, 0.3) is 0 Å². The zero-order chi connectivity index (χ0) is 22.3. The lowest BCUT2D eigenvalue weighted by atomic mass is 9.95. The van der Waals surface area contributed by atoms with E-state index in [0.717, 1.165) is 42.9 Å². The van der Waals surface area contributed by atoms with Crippen molar-refractivity contribution in [2.75, 3.05) is 28.6 Å². The summed E-state index contributed by atoms with van der Waals surface area (Å²) in [5.41, 5.74) is 3.34. The van der Waals surface area contributed by atoms with Gasteiger partial charge in [-0.15, -0.1) is 0 Å². The molecular weight excluding hydrogens is 404 g/mol. The Morgan fingerprint density at radius 3 is 2.28 bits per heavy atom. The summed E-state index contributed by atoms with van der Waals surface area (Å²) in [6.07, 6.45) is 1.48. The Kier molecular flexibility index (Phi) is 6.65. The Morgan fingerprint density at radius 1 is 0.969 bits per heavy atom. The highest BCUT2D eigenvalue weighted by atomic mass is 16.6. The van der Waals surface area contributed by atoms with E-state index in [1.165, 1.54) is 0 Å². The third-order valence-corrected chi connectivity index (χ3v) is 5.77. The van der Waals surface area contributed by atoms with Gasteiger partial charge in [0, 0.05) is 43.0 Å². The molecule has 1 heterocycles.